The summed E-state index contributed by atoms with van der Waals surface area (Å²) in [5.74, 6) is 0.0690. The molecule has 1 saturated carbocycles. The van der Waals surface area contributed by atoms with Gasteiger partial charge in [-0.05, 0) is 37.6 Å². The minimum Gasteiger partial charge on any atom is -0.435 e. The van der Waals surface area contributed by atoms with E-state index in [2.05, 4.69) is 4.74 Å². The third-order valence-electron chi connectivity index (χ3n) is 4.07. The molecule has 124 valence electrons. The Bertz CT molecular complexity index is 461. The number of ether oxygens (including phenoxy) is 1. The predicted octanol–water partition coefficient (Wildman–Crippen LogP) is 2.56. The highest BCUT2D eigenvalue weighted by Crippen LogP contribution is 2.30. The second kappa shape index (κ2) is 7.35. The molecule has 2 rings (SSSR count). The molecule has 0 bridgehead atoms. The zero-order valence-corrected chi connectivity index (χ0v) is 12.7. The fourth-order valence-corrected chi connectivity index (χ4v) is 3.03. The Morgan fingerprint density at radius 1 is 1.23 bits per heavy atom. The monoisotopic (exact) mass is 315 g/mol. The number of hydrogen-bond acceptors (Lipinski definition) is 4. The van der Waals surface area contributed by atoms with E-state index in [1.54, 1.807) is 12.1 Å². The highest BCUT2D eigenvalue weighted by molar-refractivity contribution is 5.28. The lowest BCUT2D eigenvalue weighted by molar-refractivity contribution is -0.0498. The van der Waals surface area contributed by atoms with Gasteiger partial charge in [0.15, 0.2) is 0 Å². The van der Waals surface area contributed by atoms with Crippen molar-refractivity contribution in [1.82, 2.24) is 4.90 Å². The lowest BCUT2D eigenvalue weighted by atomic mass is 10.0. The van der Waals surface area contributed by atoms with Crippen LogP contribution in [0.4, 0.5) is 8.78 Å². The van der Waals surface area contributed by atoms with Gasteiger partial charge in [0.2, 0.25) is 0 Å². The fraction of sp³-hybridized carbons (Fsp3) is 0.625. The lowest BCUT2D eigenvalue weighted by Gasteiger charge is -2.30. The van der Waals surface area contributed by atoms with E-state index >= 15 is 0 Å². The summed E-state index contributed by atoms with van der Waals surface area (Å²) >= 11 is 0. The van der Waals surface area contributed by atoms with Crippen LogP contribution in [0.1, 0.15) is 37.4 Å². The first-order chi connectivity index (χ1) is 10.4. The Morgan fingerprint density at radius 3 is 2.36 bits per heavy atom. The van der Waals surface area contributed by atoms with Crippen molar-refractivity contribution in [2.75, 3.05) is 20.1 Å². The maximum atomic E-state index is 12.1. The number of likely N-dealkylation sites (N-methyl/N-ethyl adjacent to an activating group) is 1. The van der Waals surface area contributed by atoms with Gasteiger partial charge in [-0.1, -0.05) is 25.0 Å². The average Bonchev–Trinajstić information content (AvgIpc) is 2.84. The molecule has 1 fully saturated rings. The summed E-state index contributed by atoms with van der Waals surface area (Å²) in [6.45, 7) is -1.96. The van der Waals surface area contributed by atoms with Gasteiger partial charge in [0, 0.05) is 13.1 Å². The van der Waals surface area contributed by atoms with E-state index < -0.39 is 18.3 Å². The summed E-state index contributed by atoms with van der Waals surface area (Å²) in [7, 11) is 1.85. The van der Waals surface area contributed by atoms with Crippen LogP contribution in [-0.2, 0) is 0 Å². The van der Waals surface area contributed by atoms with Crippen LogP contribution < -0.4 is 4.74 Å². The molecular formula is C16H23F2NO3. The Labute approximate surface area is 129 Å². The minimum atomic E-state index is -2.85. The highest BCUT2D eigenvalue weighted by Gasteiger charge is 2.32. The molecule has 2 N–H and O–H groups in total. The zero-order chi connectivity index (χ0) is 16.2. The zero-order valence-electron chi connectivity index (χ0n) is 12.7. The maximum absolute atomic E-state index is 12.1. The van der Waals surface area contributed by atoms with Crippen LogP contribution >= 0.6 is 0 Å². The van der Waals surface area contributed by atoms with E-state index in [4.69, 9.17) is 0 Å². The molecule has 1 aromatic rings. The first kappa shape index (κ1) is 17.1. The molecular weight excluding hydrogens is 292 g/mol. The van der Waals surface area contributed by atoms with Gasteiger partial charge in [0.1, 0.15) is 5.75 Å². The van der Waals surface area contributed by atoms with E-state index in [1.807, 2.05) is 11.9 Å². The summed E-state index contributed by atoms with van der Waals surface area (Å²) in [5.41, 5.74) is -0.0180. The molecule has 1 atom stereocenters. The number of rotatable bonds is 7. The van der Waals surface area contributed by atoms with Crippen molar-refractivity contribution in [2.24, 2.45) is 0 Å². The third-order valence-corrected chi connectivity index (χ3v) is 4.07. The average molecular weight is 315 g/mol. The smallest absolute Gasteiger partial charge is 0.387 e. The lowest BCUT2D eigenvalue weighted by Crippen LogP contribution is -2.40. The molecule has 4 nitrogen and oxygen atoms in total. The SMILES string of the molecule is CN(CC(O)c1ccc(OC(F)F)cc1)CC1(O)CCCC1. The van der Waals surface area contributed by atoms with E-state index in [9.17, 15) is 19.0 Å². The Hall–Kier alpha value is -1.24. The summed E-state index contributed by atoms with van der Waals surface area (Å²) in [5, 5.41) is 20.6. The Balaban J connectivity index is 1.86. The van der Waals surface area contributed by atoms with Gasteiger partial charge in [0.25, 0.3) is 0 Å². The molecule has 0 aliphatic heterocycles. The number of nitrogens with zero attached hydrogens (tertiary/aromatic N) is 1. The number of alkyl halides is 2. The van der Waals surface area contributed by atoms with Crippen molar-refractivity contribution in [2.45, 2.75) is 44.0 Å². The molecule has 1 aromatic carbocycles. The number of aliphatic hydroxyl groups excluding tert-OH is 1. The molecule has 1 aliphatic rings. The van der Waals surface area contributed by atoms with E-state index in [0.29, 0.717) is 18.7 Å². The van der Waals surface area contributed by atoms with Crippen LogP contribution in [0, 0.1) is 0 Å². The van der Waals surface area contributed by atoms with Crippen LogP contribution in [0.2, 0.25) is 0 Å². The topological polar surface area (TPSA) is 52.9 Å². The quantitative estimate of drug-likeness (QED) is 0.812. The number of aliphatic hydroxyl groups is 2. The van der Waals surface area contributed by atoms with Crippen LogP contribution in [0.25, 0.3) is 0 Å². The second-order valence-electron chi connectivity index (χ2n) is 6.09. The van der Waals surface area contributed by atoms with Crippen LogP contribution in [-0.4, -0.2) is 47.5 Å². The summed E-state index contributed by atoms with van der Waals surface area (Å²) in [4.78, 5) is 1.90. The molecule has 1 unspecified atom stereocenters. The van der Waals surface area contributed by atoms with Crippen molar-refractivity contribution in [3.8, 4) is 5.75 Å². The van der Waals surface area contributed by atoms with Crippen LogP contribution in [0.3, 0.4) is 0 Å². The first-order valence-corrected chi connectivity index (χ1v) is 7.52. The Morgan fingerprint density at radius 2 is 1.82 bits per heavy atom. The first-order valence-electron chi connectivity index (χ1n) is 7.52. The minimum absolute atomic E-state index is 0.0690. The standard InChI is InChI=1S/C16H23F2NO3/c1-19(11-16(21)8-2-3-9-16)10-14(20)12-4-6-13(7-5-12)22-15(17)18/h4-7,14-15,20-21H,2-3,8-11H2,1H3. The van der Waals surface area contributed by atoms with Gasteiger partial charge in [-0.15, -0.1) is 0 Å². The van der Waals surface area contributed by atoms with Gasteiger partial charge in [-0.25, -0.2) is 0 Å². The molecule has 0 amide bonds. The second-order valence-corrected chi connectivity index (χ2v) is 6.09. The molecule has 0 saturated heterocycles. The van der Waals surface area contributed by atoms with E-state index in [1.165, 1.54) is 12.1 Å². The van der Waals surface area contributed by atoms with E-state index in [-0.39, 0.29) is 5.75 Å². The normalized spacial score (nSPS) is 18.9. The van der Waals surface area contributed by atoms with Gasteiger partial charge >= 0.3 is 6.61 Å². The summed E-state index contributed by atoms with van der Waals surface area (Å²) in [6.07, 6.45) is 2.94. The largest absolute Gasteiger partial charge is 0.435 e. The molecule has 1 aliphatic carbocycles. The van der Waals surface area contributed by atoms with Crippen LogP contribution in [0.15, 0.2) is 24.3 Å². The molecule has 0 aromatic heterocycles. The third kappa shape index (κ3) is 4.90. The van der Waals surface area contributed by atoms with Gasteiger partial charge in [-0.2, -0.15) is 8.78 Å². The Kier molecular flexibility index (Phi) is 5.72. The molecule has 0 radical (unpaired) electrons. The molecule has 0 spiro atoms. The number of benzene rings is 1. The van der Waals surface area contributed by atoms with Crippen molar-refractivity contribution >= 4 is 0 Å². The summed E-state index contributed by atoms with van der Waals surface area (Å²) < 4.78 is 28.4. The fourth-order valence-electron chi connectivity index (χ4n) is 3.03. The highest BCUT2D eigenvalue weighted by atomic mass is 19.3. The van der Waals surface area contributed by atoms with Crippen LogP contribution in [0.5, 0.6) is 5.75 Å². The maximum Gasteiger partial charge on any atom is 0.387 e. The van der Waals surface area contributed by atoms with Crippen molar-refractivity contribution in [1.29, 1.82) is 0 Å². The van der Waals surface area contributed by atoms with E-state index in [0.717, 1.165) is 25.7 Å². The number of hydrogen-bond donors (Lipinski definition) is 2. The van der Waals surface area contributed by atoms with Gasteiger partial charge < -0.3 is 19.8 Å². The van der Waals surface area contributed by atoms with Gasteiger partial charge in [-0.3, -0.25) is 0 Å². The molecule has 6 heteroatoms. The number of halogens is 2. The predicted molar refractivity (Wildman–Crippen MR) is 78.9 cm³/mol. The van der Waals surface area contributed by atoms with Gasteiger partial charge in [0.05, 0.1) is 11.7 Å². The molecule has 22 heavy (non-hydrogen) atoms. The van der Waals surface area contributed by atoms with Crippen molar-refractivity contribution in [3.05, 3.63) is 29.8 Å². The van der Waals surface area contributed by atoms with Crippen molar-refractivity contribution in [3.63, 3.8) is 0 Å². The van der Waals surface area contributed by atoms with Crippen molar-refractivity contribution < 1.29 is 23.7 Å². The molecule has 0 heterocycles. The summed E-state index contributed by atoms with van der Waals surface area (Å²) in [6, 6.07) is 5.96.